The Morgan fingerprint density at radius 1 is 1.75 bits per heavy atom. The van der Waals surface area contributed by atoms with E-state index < -0.39 is 0 Å². The molecule has 0 atom stereocenters. The number of thiol groups is 1. The molecule has 1 aliphatic rings. The summed E-state index contributed by atoms with van der Waals surface area (Å²) in [6, 6.07) is 0. The van der Waals surface area contributed by atoms with Gasteiger partial charge in [-0.2, -0.15) is 12.6 Å². The molecule has 0 aromatic carbocycles. The summed E-state index contributed by atoms with van der Waals surface area (Å²) < 4.78 is 0. The highest BCUT2D eigenvalue weighted by Gasteiger charge is 1.91. The molecule has 3 nitrogen and oxygen atoms in total. The summed E-state index contributed by atoms with van der Waals surface area (Å²) in [5.74, 6) is 0.633. The van der Waals surface area contributed by atoms with Crippen molar-refractivity contribution in [2.45, 2.75) is 0 Å². The average molecular weight is 129 g/mol. The molecule has 0 saturated heterocycles. The molecule has 44 valence electrons. The molecule has 4 heteroatoms. The van der Waals surface area contributed by atoms with Gasteiger partial charge in [-0.3, -0.25) is 5.01 Å². The van der Waals surface area contributed by atoms with Gasteiger partial charge in [0.05, 0.1) is 5.88 Å². The molecule has 0 bridgehead atoms. The first kappa shape index (κ1) is 5.50. The number of hydrazine groups is 1. The van der Waals surface area contributed by atoms with Crippen molar-refractivity contribution in [3.8, 4) is 0 Å². The van der Waals surface area contributed by atoms with Gasteiger partial charge in [0.2, 0.25) is 0 Å². The lowest BCUT2D eigenvalue weighted by Gasteiger charge is -2.17. The van der Waals surface area contributed by atoms with Crippen LogP contribution in [0.15, 0.2) is 17.4 Å². The number of hydrogen-bond donors (Lipinski definition) is 2. The van der Waals surface area contributed by atoms with Gasteiger partial charge in [-0.05, 0) is 0 Å². The molecule has 0 aliphatic carbocycles. The lowest BCUT2D eigenvalue weighted by molar-refractivity contribution is 0.425. The van der Waals surface area contributed by atoms with Crippen LogP contribution >= 0.6 is 12.6 Å². The van der Waals surface area contributed by atoms with Crippen LogP contribution in [-0.4, -0.2) is 17.2 Å². The van der Waals surface area contributed by atoms with Crippen LogP contribution in [0, 0.1) is 0 Å². The highest BCUT2D eigenvalue weighted by molar-refractivity contribution is 7.80. The van der Waals surface area contributed by atoms with E-state index in [1.807, 2.05) is 0 Å². The lowest BCUT2D eigenvalue weighted by Crippen LogP contribution is -2.33. The second kappa shape index (κ2) is 2.61. The van der Waals surface area contributed by atoms with Gasteiger partial charge < -0.3 is 5.43 Å². The number of nitrogens with zero attached hydrogens (tertiary/aromatic N) is 2. The van der Waals surface area contributed by atoms with Crippen molar-refractivity contribution in [3.05, 3.63) is 12.4 Å². The van der Waals surface area contributed by atoms with Crippen molar-refractivity contribution in [2.24, 2.45) is 4.99 Å². The normalized spacial score (nSPS) is 16.4. The highest BCUT2D eigenvalue weighted by atomic mass is 32.1. The SMILES string of the molecule is SCN1C=NC=CN1. The zero-order chi connectivity index (χ0) is 5.82. The summed E-state index contributed by atoms with van der Waals surface area (Å²) >= 11 is 4.00. The Kier molecular flexibility index (Phi) is 1.80. The molecule has 0 spiro atoms. The Balaban J connectivity index is 2.40. The van der Waals surface area contributed by atoms with E-state index in [4.69, 9.17) is 0 Å². The standard InChI is InChI=1S/C4H7N3S/c8-4-7-3-5-1-2-6-7/h1-3,6,8H,4H2. The molecule has 0 saturated carbocycles. The topological polar surface area (TPSA) is 27.6 Å². The molecule has 8 heavy (non-hydrogen) atoms. The first-order valence-corrected chi connectivity index (χ1v) is 2.89. The minimum absolute atomic E-state index is 0.633. The van der Waals surface area contributed by atoms with E-state index in [-0.39, 0.29) is 0 Å². The molecule has 1 rings (SSSR count). The van der Waals surface area contributed by atoms with Gasteiger partial charge in [0.15, 0.2) is 0 Å². The fraction of sp³-hybridized carbons (Fsp3) is 0.250. The summed E-state index contributed by atoms with van der Waals surface area (Å²) in [6.07, 6.45) is 5.10. The molecule has 1 N–H and O–H groups in total. The summed E-state index contributed by atoms with van der Waals surface area (Å²) in [5.41, 5.74) is 2.90. The minimum atomic E-state index is 0.633. The molecule has 0 fully saturated rings. The highest BCUT2D eigenvalue weighted by Crippen LogP contribution is 1.86. The van der Waals surface area contributed by atoms with Crippen LogP contribution in [0.3, 0.4) is 0 Å². The van der Waals surface area contributed by atoms with Gasteiger partial charge in [0.1, 0.15) is 6.34 Å². The van der Waals surface area contributed by atoms with Crippen molar-refractivity contribution < 1.29 is 0 Å². The minimum Gasteiger partial charge on any atom is -0.303 e. The second-order valence-electron chi connectivity index (χ2n) is 1.32. The quantitative estimate of drug-likeness (QED) is 0.495. The van der Waals surface area contributed by atoms with E-state index in [1.54, 1.807) is 23.7 Å². The third-order valence-electron chi connectivity index (χ3n) is 0.759. The molecule has 0 radical (unpaired) electrons. The van der Waals surface area contributed by atoms with Crippen molar-refractivity contribution in [1.29, 1.82) is 0 Å². The molecule has 0 aromatic heterocycles. The van der Waals surface area contributed by atoms with Crippen LogP contribution in [-0.2, 0) is 0 Å². The molecular weight excluding hydrogens is 122 g/mol. The Morgan fingerprint density at radius 2 is 2.62 bits per heavy atom. The fourth-order valence-electron chi connectivity index (χ4n) is 0.402. The maximum absolute atomic E-state index is 4.00. The Hall–Kier alpha value is -0.640. The second-order valence-corrected chi connectivity index (χ2v) is 1.60. The van der Waals surface area contributed by atoms with Crippen LogP contribution < -0.4 is 5.43 Å². The average Bonchev–Trinajstić information content (AvgIpc) is 1.90. The molecule has 1 aliphatic heterocycles. The van der Waals surface area contributed by atoms with E-state index in [0.717, 1.165) is 0 Å². The van der Waals surface area contributed by atoms with E-state index in [1.165, 1.54) is 0 Å². The third-order valence-corrected chi connectivity index (χ3v) is 1.06. The van der Waals surface area contributed by atoms with Crippen molar-refractivity contribution in [1.82, 2.24) is 10.4 Å². The summed E-state index contributed by atoms with van der Waals surface area (Å²) in [5, 5.41) is 1.75. The number of rotatable bonds is 1. The van der Waals surface area contributed by atoms with Crippen LogP contribution in [0.4, 0.5) is 0 Å². The third kappa shape index (κ3) is 1.16. The van der Waals surface area contributed by atoms with Crippen LogP contribution in [0.5, 0.6) is 0 Å². The number of hydrogen-bond acceptors (Lipinski definition) is 4. The van der Waals surface area contributed by atoms with Gasteiger partial charge in [-0.15, -0.1) is 0 Å². The van der Waals surface area contributed by atoms with Gasteiger partial charge in [-0.25, -0.2) is 4.99 Å². The Morgan fingerprint density at radius 3 is 3.00 bits per heavy atom. The fourth-order valence-corrected chi connectivity index (χ4v) is 0.556. The predicted octanol–water partition coefficient (Wildman–Crippen LogP) is 0.193. The van der Waals surface area contributed by atoms with E-state index in [2.05, 4.69) is 23.0 Å². The van der Waals surface area contributed by atoms with Gasteiger partial charge >= 0.3 is 0 Å². The van der Waals surface area contributed by atoms with Crippen molar-refractivity contribution in [3.63, 3.8) is 0 Å². The van der Waals surface area contributed by atoms with Crippen molar-refractivity contribution in [2.75, 3.05) is 5.88 Å². The van der Waals surface area contributed by atoms with Crippen LogP contribution in [0.25, 0.3) is 0 Å². The maximum atomic E-state index is 4.00. The monoisotopic (exact) mass is 129 g/mol. The zero-order valence-electron chi connectivity index (χ0n) is 4.28. The molecule has 0 unspecified atom stereocenters. The van der Waals surface area contributed by atoms with Crippen LogP contribution in [0.1, 0.15) is 0 Å². The number of nitrogens with one attached hydrogen (secondary N) is 1. The molecule has 0 aromatic rings. The molecular formula is C4H7N3S. The van der Waals surface area contributed by atoms with E-state index in [0.29, 0.717) is 5.88 Å². The van der Waals surface area contributed by atoms with Crippen LogP contribution in [0.2, 0.25) is 0 Å². The van der Waals surface area contributed by atoms with Gasteiger partial charge in [0, 0.05) is 12.4 Å². The smallest absolute Gasteiger partial charge is 0.110 e. The van der Waals surface area contributed by atoms with E-state index in [9.17, 15) is 0 Å². The van der Waals surface area contributed by atoms with Crippen molar-refractivity contribution >= 4 is 19.0 Å². The Labute approximate surface area is 53.5 Å². The summed E-state index contributed by atoms with van der Waals surface area (Å²) in [7, 11) is 0. The molecule has 0 amide bonds. The van der Waals surface area contributed by atoms with Gasteiger partial charge in [0.25, 0.3) is 0 Å². The summed E-state index contributed by atoms with van der Waals surface area (Å²) in [4.78, 5) is 3.84. The molecule has 1 heterocycles. The lowest BCUT2D eigenvalue weighted by atomic mass is 10.8. The largest absolute Gasteiger partial charge is 0.303 e. The first-order valence-electron chi connectivity index (χ1n) is 2.25. The maximum Gasteiger partial charge on any atom is 0.110 e. The van der Waals surface area contributed by atoms with Gasteiger partial charge in [-0.1, -0.05) is 0 Å². The number of aliphatic imine (C=N–C) groups is 1. The predicted molar refractivity (Wildman–Crippen MR) is 36.5 cm³/mol. The zero-order valence-corrected chi connectivity index (χ0v) is 5.18. The summed E-state index contributed by atoms with van der Waals surface area (Å²) in [6.45, 7) is 0. The van der Waals surface area contributed by atoms with E-state index >= 15 is 0 Å². The first-order chi connectivity index (χ1) is 3.93. The Bertz CT molecular complexity index is 120.